The molecule has 0 spiro atoms. The molecule has 0 bridgehead atoms. The summed E-state index contributed by atoms with van der Waals surface area (Å²) in [7, 11) is 0. The molecular weight excluding hydrogens is 194 g/mol. The molecule has 2 atom stereocenters. The lowest BCUT2D eigenvalue weighted by Crippen LogP contribution is -2.42. The normalized spacial score (nSPS) is 31.9. The Morgan fingerprint density at radius 3 is 3.00 bits per heavy atom. The van der Waals surface area contributed by atoms with Gasteiger partial charge in [0.2, 0.25) is 11.8 Å². The molecule has 2 aliphatic rings. The van der Waals surface area contributed by atoms with E-state index in [-0.39, 0.29) is 17.9 Å². The van der Waals surface area contributed by atoms with Crippen molar-refractivity contribution in [2.24, 2.45) is 11.7 Å². The summed E-state index contributed by atoms with van der Waals surface area (Å²) in [5, 5.41) is 2.81. The SMILES string of the molecule is NC(=O)C1CCCN1CC1CNC(=O)C1. The van der Waals surface area contributed by atoms with Gasteiger partial charge < -0.3 is 11.1 Å². The van der Waals surface area contributed by atoms with Gasteiger partial charge in [-0.15, -0.1) is 0 Å². The Labute approximate surface area is 89.0 Å². The fourth-order valence-corrected chi connectivity index (χ4v) is 2.49. The summed E-state index contributed by atoms with van der Waals surface area (Å²) >= 11 is 0. The first kappa shape index (κ1) is 10.4. The van der Waals surface area contributed by atoms with Gasteiger partial charge in [-0.25, -0.2) is 0 Å². The van der Waals surface area contributed by atoms with E-state index in [0.717, 1.165) is 32.5 Å². The first-order chi connectivity index (χ1) is 7.16. The number of likely N-dealkylation sites (tertiary alicyclic amines) is 1. The average molecular weight is 211 g/mol. The van der Waals surface area contributed by atoms with Gasteiger partial charge in [0.15, 0.2) is 0 Å². The lowest BCUT2D eigenvalue weighted by Gasteiger charge is -2.24. The van der Waals surface area contributed by atoms with Crippen LogP contribution in [0.5, 0.6) is 0 Å². The molecule has 0 saturated carbocycles. The zero-order chi connectivity index (χ0) is 10.8. The van der Waals surface area contributed by atoms with Crippen molar-refractivity contribution in [2.45, 2.75) is 25.3 Å². The van der Waals surface area contributed by atoms with Crippen LogP contribution in [0.3, 0.4) is 0 Å². The maximum Gasteiger partial charge on any atom is 0.234 e. The van der Waals surface area contributed by atoms with Crippen molar-refractivity contribution in [2.75, 3.05) is 19.6 Å². The van der Waals surface area contributed by atoms with Crippen molar-refractivity contribution < 1.29 is 9.59 Å². The number of primary amides is 1. The number of rotatable bonds is 3. The second-order valence-electron chi connectivity index (χ2n) is 4.43. The van der Waals surface area contributed by atoms with Gasteiger partial charge in [-0.1, -0.05) is 0 Å². The number of nitrogens with zero attached hydrogens (tertiary/aromatic N) is 1. The standard InChI is InChI=1S/C10H17N3O2/c11-10(15)8-2-1-3-13(8)6-7-4-9(14)12-5-7/h7-8H,1-6H2,(H2,11,15)(H,12,14). The van der Waals surface area contributed by atoms with Crippen LogP contribution in [0.2, 0.25) is 0 Å². The van der Waals surface area contributed by atoms with Gasteiger partial charge in [-0.3, -0.25) is 14.5 Å². The van der Waals surface area contributed by atoms with Crippen LogP contribution in [0.15, 0.2) is 0 Å². The molecule has 84 valence electrons. The number of carbonyl (C=O) groups excluding carboxylic acids is 2. The van der Waals surface area contributed by atoms with Crippen LogP contribution in [-0.4, -0.2) is 42.4 Å². The molecule has 2 amide bonds. The first-order valence-electron chi connectivity index (χ1n) is 5.47. The molecule has 0 aliphatic carbocycles. The molecule has 15 heavy (non-hydrogen) atoms. The minimum atomic E-state index is -0.232. The molecule has 0 radical (unpaired) electrons. The van der Waals surface area contributed by atoms with Crippen LogP contribution in [-0.2, 0) is 9.59 Å². The minimum absolute atomic E-state index is 0.110. The lowest BCUT2D eigenvalue weighted by molar-refractivity contribution is -0.122. The van der Waals surface area contributed by atoms with Gasteiger partial charge in [0.1, 0.15) is 0 Å². The predicted molar refractivity (Wildman–Crippen MR) is 54.9 cm³/mol. The van der Waals surface area contributed by atoms with Crippen molar-refractivity contribution in [3.63, 3.8) is 0 Å². The Morgan fingerprint density at radius 1 is 1.60 bits per heavy atom. The zero-order valence-corrected chi connectivity index (χ0v) is 8.74. The smallest absolute Gasteiger partial charge is 0.234 e. The molecule has 0 aromatic rings. The van der Waals surface area contributed by atoms with Crippen LogP contribution in [0, 0.1) is 5.92 Å². The van der Waals surface area contributed by atoms with Gasteiger partial charge >= 0.3 is 0 Å². The van der Waals surface area contributed by atoms with Gasteiger partial charge in [0.25, 0.3) is 0 Å². The molecule has 2 fully saturated rings. The molecule has 2 unspecified atom stereocenters. The van der Waals surface area contributed by atoms with Crippen LogP contribution in [0.25, 0.3) is 0 Å². The molecule has 2 rings (SSSR count). The highest BCUT2D eigenvalue weighted by atomic mass is 16.2. The third-order valence-corrected chi connectivity index (χ3v) is 3.25. The third kappa shape index (κ3) is 2.28. The van der Waals surface area contributed by atoms with E-state index in [0.29, 0.717) is 12.3 Å². The van der Waals surface area contributed by atoms with Crippen molar-refractivity contribution >= 4 is 11.8 Å². The second-order valence-corrected chi connectivity index (χ2v) is 4.43. The van der Waals surface area contributed by atoms with E-state index < -0.39 is 0 Å². The van der Waals surface area contributed by atoms with E-state index in [1.807, 2.05) is 0 Å². The fraction of sp³-hybridized carbons (Fsp3) is 0.800. The number of nitrogens with one attached hydrogen (secondary N) is 1. The van der Waals surface area contributed by atoms with E-state index in [2.05, 4.69) is 10.2 Å². The number of nitrogens with two attached hydrogens (primary N) is 1. The Kier molecular flexibility index (Phi) is 2.90. The molecule has 3 N–H and O–H groups in total. The van der Waals surface area contributed by atoms with Crippen molar-refractivity contribution in [3.05, 3.63) is 0 Å². The summed E-state index contributed by atoms with van der Waals surface area (Å²) in [6.07, 6.45) is 2.48. The molecule has 2 saturated heterocycles. The second kappa shape index (κ2) is 4.18. The topological polar surface area (TPSA) is 75.4 Å². The van der Waals surface area contributed by atoms with E-state index in [1.54, 1.807) is 0 Å². The van der Waals surface area contributed by atoms with Gasteiger partial charge in [-0.2, -0.15) is 0 Å². The lowest BCUT2D eigenvalue weighted by atomic mass is 10.1. The Morgan fingerprint density at radius 2 is 2.40 bits per heavy atom. The number of hydrogen-bond acceptors (Lipinski definition) is 3. The van der Waals surface area contributed by atoms with Crippen LogP contribution in [0.1, 0.15) is 19.3 Å². The van der Waals surface area contributed by atoms with Gasteiger partial charge in [0.05, 0.1) is 6.04 Å². The third-order valence-electron chi connectivity index (χ3n) is 3.25. The molecule has 5 nitrogen and oxygen atoms in total. The van der Waals surface area contributed by atoms with Crippen LogP contribution in [0.4, 0.5) is 0 Å². The summed E-state index contributed by atoms with van der Waals surface area (Å²) in [6.45, 7) is 2.48. The van der Waals surface area contributed by atoms with Crippen LogP contribution < -0.4 is 11.1 Å². The summed E-state index contributed by atoms with van der Waals surface area (Å²) in [6, 6.07) is -0.110. The Bertz CT molecular complexity index is 280. The highest BCUT2D eigenvalue weighted by molar-refractivity contribution is 5.80. The minimum Gasteiger partial charge on any atom is -0.368 e. The predicted octanol–water partition coefficient (Wildman–Crippen LogP) is -0.928. The quantitative estimate of drug-likeness (QED) is 0.633. The average Bonchev–Trinajstić information content (AvgIpc) is 2.75. The molecular formula is C10H17N3O2. The molecule has 5 heteroatoms. The highest BCUT2D eigenvalue weighted by Crippen LogP contribution is 2.20. The van der Waals surface area contributed by atoms with Crippen molar-refractivity contribution in [3.8, 4) is 0 Å². The summed E-state index contributed by atoms with van der Waals surface area (Å²) in [4.78, 5) is 24.3. The van der Waals surface area contributed by atoms with Gasteiger partial charge in [-0.05, 0) is 25.3 Å². The maximum absolute atomic E-state index is 11.1. The number of carbonyl (C=O) groups is 2. The Balaban J connectivity index is 1.88. The summed E-state index contributed by atoms with van der Waals surface area (Å²) in [5.74, 6) is 0.233. The number of hydrogen-bond donors (Lipinski definition) is 2. The first-order valence-corrected chi connectivity index (χ1v) is 5.47. The van der Waals surface area contributed by atoms with Gasteiger partial charge in [0, 0.05) is 19.5 Å². The van der Waals surface area contributed by atoms with E-state index >= 15 is 0 Å². The molecule has 0 aromatic carbocycles. The van der Waals surface area contributed by atoms with Crippen molar-refractivity contribution in [1.29, 1.82) is 0 Å². The molecule has 2 heterocycles. The van der Waals surface area contributed by atoms with Crippen LogP contribution >= 0.6 is 0 Å². The molecule has 2 aliphatic heterocycles. The van der Waals surface area contributed by atoms with E-state index in [4.69, 9.17) is 5.73 Å². The maximum atomic E-state index is 11.1. The fourth-order valence-electron chi connectivity index (χ4n) is 2.49. The number of amides is 2. The molecule has 0 aromatic heterocycles. The van der Waals surface area contributed by atoms with E-state index in [9.17, 15) is 9.59 Å². The summed E-state index contributed by atoms with van der Waals surface area (Å²) < 4.78 is 0. The zero-order valence-electron chi connectivity index (χ0n) is 8.74. The Hall–Kier alpha value is -1.10. The van der Waals surface area contributed by atoms with E-state index in [1.165, 1.54) is 0 Å². The monoisotopic (exact) mass is 211 g/mol. The summed E-state index contributed by atoms with van der Waals surface area (Å²) in [5.41, 5.74) is 5.33. The highest BCUT2D eigenvalue weighted by Gasteiger charge is 2.32. The van der Waals surface area contributed by atoms with Crippen molar-refractivity contribution in [1.82, 2.24) is 10.2 Å². The largest absolute Gasteiger partial charge is 0.368 e.